The summed E-state index contributed by atoms with van der Waals surface area (Å²) in [6.07, 6.45) is -1.05. The maximum absolute atomic E-state index is 12.2. The van der Waals surface area contributed by atoms with Crippen LogP contribution in [0.1, 0.15) is 26.7 Å². The van der Waals surface area contributed by atoms with Crippen LogP contribution < -0.4 is 17.7 Å². The van der Waals surface area contributed by atoms with Gasteiger partial charge in [-0.15, -0.1) is 0 Å². The van der Waals surface area contributed by atoms with Crippen LogP contribution in [0.4, 0.5) is 0 Å². The molecule has 0 heterocycles. The van der Waals surface area contributed by atoms with Crippen LogP contribution in [0.5, 0.6) is 0 Å². The van der Waals surface area contributed by atoms with E-state index in [1.165, 1.54) is 4.90 Å². The van der Waals surface area contributed by atoms with Crippen LogP contribution in [0, 0.1) is 11.8 Å². The molecule has 0 aromatic carbocycles. The van der Waals surface area contributed by atoms with E-state index in [1.807, 2.05) is 0 Å². The van der Waals surface area contributed by atoms with Crippen LogP contribution in [0.2, 0.25) is 0 Å². The monoisotopic (exact) mass is 334 g/mol. The molecule has 0 fully saturated rings. The number of nitrogens with two attached hydrogens (primary N) is 3. The number of nitrogens with zero attached hydrogens (tertiary/aromatic N) is 1. The SMILES string of the molecule is CCN(CC)C(=O)CC(C(=O)ON)[C@@H](CC(=O)ON)C(=O)ON. The van der Waals surface area contributed by atoms with Crippen LogP contribution in [0.3, 0.4) is 0 Å². The van der Waals surface area contributed by atoms with Gasteiger partial charge in [0.2, 0.25) is 5.91 Å². The Hall–Kier alpha value is -2.24. The van der Waals surface area contributed by atoms with E-state index in [0.29, 0.717) is 13.1 Å². The highest BCUT2D eigenvalue weighted by Gasteiger charge is 2.40. The normalized spacial score (nSPS) is 12.7. The number of hydrogen-bond donors (Lipinski definition) is 3. The summed E-state index contributed by atoms with van der Waals surface area (Å²) in [7, 11) is 0. The fourth-order valence-corrected chi connectivity index (χ4v) is 2.08. The number of rotatable bonds is 9. The summed E-state index contributed by atoms with van der Waals surface area (Å²) in [6, 6.07) is 0. The molecular weight excluding hydrogens is 312 g/mol. The van der Waals surface area contributed by atoms with Gasteiger partial charge in [-0.25, -0.2) is 0 Å². The Bertz CT molecular complexity index is 439. The molecule has 2 atom stereocenters. The Labute approximate surface area is 132 Å². The molecule has 0 aliphatic heterocycles. The van der Waals surface area contributed by atoms with Gasteiger partial charge in [0.25, 0.3) is 0 Å². The van der Waals surface area contributed by atoms with Gasteiger partial charge in [0.05, 0.1) is 18.3 Å². The largest absolute Gasteiger partial charge is 0.373 e. The van der Waals surface area contributed by atoms with Gasteiger partial charge in [-0.05, 0) is 13.8 Å². The molecule has 23 heavy (non-hydrogen) atoms. The third-order valence-electron chi connectivity index (χ3n) is 3.35. The van der Waals surface area contributed by atoms with Gasteiger partial charge >= 0.3 is 17.9 Å². The summed E-state index contributed by atoms with van der Waals surface area (Å²) in [4.78, 5) is 60.6. The van der Waals surface area contributed by atoms with Crippen LogP contribution in [0.15, 0.2) is 0 Å². The first kappa shape index (κ1) is 20.8. The fraction of sp³-hybridized carbons (Fsp3) is 0.667. The second kappa shape index (κ2) is 10.5. The van der Waals surface area contributed by atoms with Crippen molar-refractivity contribution < 1.29 is 33.7 Å². The third kappa shape index (κ3) is 6.18. The van der Waals surface area contributed by atoms with E-state index in [0.717, 1.165) is 0 Å². The summed E-state index contributed by atoms with van der Waals surface area (Å²) in [5.41, 5.74) is 0. The Balaban J connectivity index is 5.43. The van der Waals surface area contributed by atoms with Crippen molar-refractivity contribution in [2.24, 2.45) is 29.5 Å². The van der Waals surface area contributed by atoms with Crippen LogP contribution in [-0.4, -0.2) is 41.8 Å². The number of carbonyl (C=O) groups excluding carboxylic acids is 4. The summed E-state index contributed by atoms with van der Waals surface area (Å²) >= 11 is 0. The molecule has 0 spiro atoms. The summed E-state index contributed by atoms with van der Waals surface area (Å²) in [5, 5.41) is 0. The van der Waals surface area contributed by atoms with Gasteiger partial charge in [-0.1, -0.05) is 0 Å². The average molecular weight is 334 g/mol. The minimum atomic E-state index is -1.42. The maximum Gasteiger partial charge on any atom is 0.328 e. The van der Waals surface area contributed by atoms with E-state index in [-0.39, 0.29) is 0 Å². The molecule has 0 aliphatic carbocycles. The second-order valence-corrected chi connectivity index (χ2v) is 4.55. The summed E-state index contributed by atoms with van der Waals surface area (Å²) in [5.74, 6) is 7.97. The van der Waals surface area contributed by atoms with Crippen molar-refractivity contribution >= 4 is 23.8 Å². The first-order valence-corrected chi connectivity index (χ1v) is 6.84. The second-order valence-electron chi connectivity index (χ2n) is 4.55. The molecule has 6 N–H and O–H groups in total. The molecule has 1 unspecified atom stereocenters. The van der Waals surface area contributed by atoms with E-state index in [1.54, 1.807) is 13.8 Å². The van der Waals surface area contributed by atoms with Crippen molar-refractivity contribution in [2.75, 3.05) is 13.1 Å². The first-order valence-electron chi connectivity index (χ1n) is 6.84. The molecule has 0 saturated heterocycles. The predicted octanol–water partition coefficient (Wildman–Crippen LogP) is -1.88. The van der Waals surface area contributed by atoms with Crippen LogP contribution in [0.25, 0.3) is 0 Å². The third-order valence-corrected chi connectivity index (χ3v) is 3.35. The van der Waals surface area contributed by atoms with Gasteiger partial charge in [0.15, 0.2) is 0 Å². The quantitative estimate of drug-likeness (QED) is 0.404. The highest BCUT2D eigenvalue weighted by atomic mass is 16.7. The number of carbonyl (C=O) groups is 4. The van der Waals surface area contributed by atoms with E-state index >= 15 is 0 Å². The molecule has 0 saturated carbocycles. The Morgan fingerprint density at radius 1 is 0.826 bits per heavy atom. The molecule has 0 radical (unpaired) electrons. The first-order chi connectivity index (χ1) is 10.9. The molecule has 0 aliphatic rings. The highest BCUT2D eigenvalue weighted by Crippen LogP contribution is 2.24. The van der Waals surface area contributed by atoms with E-state index in [2.05, 4.69) is 14.5 Å². The molecule has 0 aromatic heterocycles. The Morgan fingerprint density at radius 2 is 1.26 bits per heavy atom. The fourth-order valence-electron chi connectivity index (χ4n) is 2.08. The van der Waals surface area contributed by atoms with Crippen molar-refractivity contribution in [3.8, 4) is 0 Å². The van der Waals surface area contributed by atoms with Gasteiger partial charge in [0, 0.05) is 19.5 Å². The van der Waals surface area contributed by atoms with Crippen molar-refractivity contribution in [3.05, 3.63) is 0 Å². The summed E-state index contributed by atoms with van der Waals surface area (Å²) in [6.45, 7) is 4.29. The van der Waals surface area contributed by atoms with Gasteiger partial charge in [-0.3, -0.25) is 19.2 Å². The van der Waals surface area contributed by atoms with E-state index in [9.17, 15) is 19.2 Å². The van der Waals surface area contributed by atoms with Gasteiger partial charge < -0.3 is 19.4 Å². The molecule has 0 rings (SSSR count). The molecule has 11 heteroatoms. The lowest BCUT2D eigenvalue weighted by Gasteiger charge is -2.24. The van der Waals surface area contributed by atoms with Gasteiger partial charge in [-0.2, -0.15) is 17.7 Å². The van der Waals surface area contributed by atoms with Crippen molar-refractivity contribution in [1.29, 1.82) is 0 Å². The lowest BCUT2D eigenvalue weighted by atomic mass is 9.86. The Kier molecular flexibility index (Phi) is 9.46. The minimum Gasteiger partial charge on any atom is -0.373 e. The zero-order valence-corrected chi connectivity index (χ0v) is 13.0. The lowest BCUT2D eigenvalue weighted by molar-refractivity contribution is -0.166. The molecule has 11 nitrogen and oxygen atoms in total. The molecule has 1 amide bonds. The number of amides is 1. The van der Waals surface area contributed by atoms with E-state index in [4.69, 9.17) is 17.7 Å². The molecule has 132 valence electrons. The maximum atomic E-state index is 12.2. The predicted molar refractivity (Wildman–Crippen MR) is 75.0 cm³/mol. The minimum absolute atomic E-state index is 0.399. The van der Waals surface area contributed by atoms with Crippen molar-refractivity contribution in [1.82, 2.24) is 4.90 Å². The zero-order valence-electron chi connectivity index (χ0n) is 13.0. The standard InChI is InChI=1S/C12H22N4O7/c1-3-16(4-2)9(17)5-7(11(19)22-14)8(12(20)23-15)6-10(18)21-13/h7-8H,3-6,13-15H2,1-2H3/t7?,8-/m1/s1. The topological polar surface area (TPSA) is 177 Å². The molecule has 0 bridgehead atoms. The van der Waals surface area contributed by atoms with Crippen LogP contribution in [-0.2, 0) is 33.7 Å². The smallest absolute Gasteiger partial charge is 0.328 e. The van der Waals surface area contributed by atoms with E-state index < -0.39 is 48.5 Å². The van der Waals surface area contributed by atoms with Crippen LogP contribution >= 0.6 is 0 Å². The zero-order chi connectivity index (χ0) is 18.0. The molecular formula is C12H22N4O7. The number of hydrogen-bond acceptors (Lipinski definition) is 10. The molecule has 0 aromatic rings. The lowest BCUT2D eigenvalue weighted by Crippen LogP contribution is -2.41. The average Bonchev–Trinajstić information content (AvgIpc) is 2.57. The summed E-state index contributed by atoms with van der Waals surface area (Å²) < 4.78 is 0. The van der Waals surface area contributed by atoms with Crippen molar-refractivity contribution in [2.45, 2.75) is 26.7 Å². The Morgan fingerprint density at radius 3 is 1.61 bits per heavy atom. The van der Waals surface area contributed by atoms with Crippen molar-refractivity contribution in [3.63, 3.8) is 0 Å². The van der Waals surface area contributed by atoms with Gasteiger partial charge in [0.1, 0.15) is 0 Å². The highest BCUT2D eigenvalue weighted by molar-refractivity contribution is 5.89.